The monoisotopic (exact) mass is 348 g/mol. The molecule has 0 aromatic carbocycles. The first-order chi connectivity index (χ1) is 12.3. The van der Waals surface area contributed by atoms with E-state index in [1.54, 1.807) is 0 Å². The molecule has 25 heavy (non-hydrogen) atoms. The third-order valence-electron chi connectivity index (χ3n) is 5.49. The molecule has 0 aliphatic heterocycles. The Kier molecular flexibility index (Phi) is 21.2. The quantitative estimate of drug-likeness (QED) is 0.171. The fraction of sp³-hybridized carbons (Fsp3) is 0.920. The SMILES string of the molecule is CCCCCC#CCCCCCCCC(CC)CCCCCCCC. The van der Waals surface area contributed by atoms with Gasteiger partial charge in [-0.05, 0) is 18.8 Å². The van der Waals surface area contributed by atoms with Gasteiger partial charge < -0.3 is 0 Å². The predicted octanol–water partition coefficient (Wildman–Crippen LogP) is 9.08. The van der Waals surface area contributed by atoms with E-state index in [2.05, 4.69) is 32.6 Å². The van der Waals surface area contributed by atoms with Crippen molar-refractivity contribution in [2.45, 2.75) is 143 Å². The maximum Gasteiger partial charge on any atom is 0.00886 e. The van der Waals surface area contributed by atoms with Gasteiger partial charge in [0, 0.05) is 12.8 Å². The van der Waals surface area contributed by atoms with E-state index in [0.717, 1.165) is 18.8 Å². The molecule has 0 saturated carbocycles. The van der Waals surface area contributed by atoms with Gasteiger partial charge in [0.25, 0.3) is 0 Å². The Balaban J connectivity index is 3.35. The Bertz CT molecular complexity index is 293. The van der Waals surface area contributed by atoms with Crippen molar-refractivity contribution in [3.63, 3.8) is 0 Å². The van der Waals surface area contributed by atoms with Crippen LogP contribution >= 0.6 is 0 Å². The molecular weight excluding hydrogens is 300 g/mol. The summed E-state index contributed by atoms with van der Waals surface area (Å²) in [5, 5.41) is 0. The zero-order valence-electron chi connectivity index (χ0n) is 18.0. The highest BCUT2D eigenvalue weighted by Crippen LogP contribution is 2.21. The zero-order chi connectivity index (χ0) is 18.4. The molecule has 0 aromatic rings. The molecule has 0 radical (unpaired) electrons. The molecule has 0 N–H and O–H groups in total. The maximum atomic E-state index is 3.35. The second kappa shape index (κ2) is 21.6. The van der Waals surface area contributed by atoms with E-state index in [1.807, 2.05) is 0 Å². The van der Waals surface area contributed by atoms with Gasteiger partial charge in [-0.15, -0.1) is 11.8 Å². The van der Waals surface area contributed by atoms with Crippen molar-refractivity contribution < 1.29 is 0 Å². The van der Waals surface area contributed by atoms with Crippen LogP contribution in [0.25, 0.3) is 0 Å². The van der Waals surface area contributed by atoms with E-state index in [9.17, 15) is 0 Å². The predicted molar refractivity (Wildman–Crippen MR) is 116 cm³/mol. The zero-order valence-corrected chi connectivity index (χ0v) is 18.0. The van der Waals surface area contributed by atoms with E-state index < -0.39 is 0 Å². The minimum atomic E-state index is 1.00. The third kappa shape index (κ3) is 19.7. The van der Waals surface area contributed by atoms with Gasteiger partial charge in [-0.1, -0.05) is 117 Å². The van der Waals surface area contributed by atoms with Gasteiger partial charge in [0.05, 0.1) is 0 Å². The first-order valence-corrected chi connectivity index (χ1v) is 11.8. The summed E-state index contributed by atoms with van der Waals surface area (Å²) < 4.78 is 0. The topological polar surface area (TPSA) is 0 Å². The summed E-state index contributed by atoms with van der Waals surface area (Å²) in [6.07, 6.45) is 26.2. The second-order valence-electron chi connectivity index (χ2n) is 7.95. The van der Waals surface area contributed by atoms with Crippen LogP contribution in [0.1, 0.15) is 143 Å². The average Bonchev–Trinajstić information content (AvgIpc) is 2.63. The van der Waals surface area contributed by atoms with Crippen molar-refractivity contribution in [1.29, 1.82) is 0 Å². The van der Waals surface area contributed by atoms with Gasteiger partial charge >= 0.3 is 0 Å². The molecule has 0 heterocycles. The summed E-state index contributed by atoms with van der Waals surface area (Å²) in [7, 11) is 0. The lowest BCUT2D eigenvalue weighted by atomic mass is 9.92. The highest BCUT2D eigenvalue weighted by molar-refractivity contribution is 4.98. The largest absolute Gasteiger partial charge is 0.103 e. The number of unbranched alkanes of at least 4 members (excludes halogenated alkanes) is 13. The molecule has 0 amide bonds. The van der Waals surface area contributed by atoms with Crippen LogP contribution in [0.5, 0.6) is 0 Å². The molecule has 0 heteroatoms. The number of hydrogen-bond acceptors (Lipinski definition) is 0. The highest BCUT2D eigenvalue weighted by atomic mass is 14.1. The van der Waals surface area contributed by atoms with Gasteiger partial charge in [-0.25, -0.2) is 0 Å². The van der Waals surface area contributed by atoms with E-state index in [-0.39, 0.29) is 0 Å². The van der Waals surface area contributed by atoms with E-state index in [0.29, 0.717) is 0 Å². The molecule has 0 nitrogen and oxygen atoms in total. The summed E-state index contributed by atoms with van der Waals surface area (Å²) in [5.41, 5.74) is 0. The van der Waals surface area contributed by atoms with Crippen molar-refractivity contribution in [1.82, 2.24) is 0 Å². The molecule has 0 aliphatic carbocycles. The molecule has 0 aromatic heterocycles. The molecule has 1 atom stereocenters. The minimum absolute atomic E-state index is 1.00. The van der Waals surface area contributed by atoms with Crippen molar-refractivity contribution in [3.8, 4) is 11.8 Å². The Morgan fingerprint density at radius 1 is 0.480 bits per heavy atom. The van der Waals surface area contributed by atoms with Crippen LogP contribution in [-0.2, 0) is 0 Å². The highest BCUT2D eigenvalue weighted by Gasteiger charge is 2.05. The Labute approximate surface area is 160 Å². The van der Waals surface area contributed by atoms with Gasteiger partial charge in [-0.2, -0.15) is 0 Å². The fourth-order valence-electron chi connectivity index (χ4n) is 3.58. The summed E-state index contributed by atoms with van der Waals surface area (Å²) in [6, 6.07) is 0. The van der Waals surface area contributed by atoms with Crippen LogP contribution in [0.2, 0.25) is 0 Å². The number of hydrogen-bond donors (Lipinski definition) is 0. The normalized spacial score (nSPS) is 12.0. The summed E-state index contributed by atoms with van der Waals surface area (Å²) in [6.45, 7) is 6.95. The molecule has 1 unspecified atom stereocenters. The van der Waals surface area contributed by atoms with Crippen LogP contribution in [-0.4, -0.2) is 0 Å². The summed E-state index contributed by atoms with van der Waals surface area (Å²) >= 11 is 0. The first-order valence-electron chi connectivity index (χ1n) is 11.8. The smallest absolute Gasteiger partial charge is 0.00886 e. The third-order valence-corrected chi connectivity index (χ3v) is 5.49. The van der Waals surface area contributed by atoms with Gasteiger partial charge in [0.15, 0.2) is 0 Å². The Morgan fingerprint density at radius 2 is 0.880 bits per heavy atom. The molecule has 0 saturated heterocycles. The standard InChI is InChI=1S/C25H48/c1-4-7-9-11-13-14-15-16-17-18-20-22-24-25(6-3)23-21-19-12-10-8-5-2/h25H,4-12,15-24H2,1-3H3. The van der Waals surface area contributed by atoms with Gasteiger partial charge in [0.1, 0.15) is 0 Å². The fourth-order valence-corrected chi connectivity index (χ4v) is 3.58. The van der Waals surface area contributed by atoms with Crippen LogP contribution in [0.4, 0.5) is 0 Å². The summed E-state index contributed by atoms with van der Waals surface area (Å²) in [4.78, 5) is 0. The molecule has 0 spiro atoms. The van der Waals surface area contributed by atoms with Crippen molar-refractivity contribution >= 4 is 0 Å². The minimum Gasteiger partial charge on any atom is -0.103 e. The molecule has 0 rings (SSSR count). The average molecular weight is 349 g/mol. The lowest BCUT2D eigenvalue weighted by Gasteiger charge is -2.14. The number of rotatable bonds is 18. The van der Waals surface area contributed by atoms with E-state index >= 15 is 0 Å². The van der Waals surface area contributed by atoms with Crippen LogP contribution < -0.4 is 0 Å². The van der Waals surface area contributed by atoms with Crippen molar-refractivity contribution in [2.24, 2.45) is 5.92 Å². The van der Waals surface area contributed by atoms with Gasteiger partial charge in [0.2, 0.25) is 0 Å². The van der Waals surface area contributed by atoms with E-state index in [4.69, 9.17) is 0 Å². The van der Waals surface area contributed by atoms with Crippen LogP contribution in [0.15, 0.2) is 0 Å². The van der Waals surface area contributed by atoms with Crippen LogP contribution in [0.3, 0.4) is 0 Å². The lowest BCUT2D eigenvalue weighted by Crippen LogP contribution is -1.99. The Morgan fingerprint density at radius 3 is 1.40 bits per heavy atom. The molecule has 0 aliphatic rings. The van der Waals surface area contributed by atoms with Gasteiger partial charge in [-0.3, -0.25) is 0 Å². The van der Waals surface area contributed by atoms with E-state index in [1.165, 1.54) is 109 Å². The second-order valence-corrected chi connectivity index (χ2v) is 7.95. The lowest BCUT2D eigenvalue weighted by molar-refractivity contribution is 0.393. The maximum absolute atomic E-state index is 3.35. The Hall–Kier alpha value is -0.440. The first kappa shape index (κ1) is 24.6. The molecule has 0 fully saturated rings. The molecule has 148 valence electrons. The molecular formula is C25H48. The van der Waals surface area contributed by atoms with Crippen molar-refractivity contribution in [2.75, 3.05) is 0 Å². The van der Waals surface area contributed by atoms with Crippen molar-refractivity contribution in [3.05, 3.63) is 0 Å². The molecule has 0 bridgehead atoms. The summed E-state index contributed by atoms with van der Waals surface area (Å²) in [5.74, 6) is 7.68. The van der Waals surface area contributed by atoms with Crippen LogP contribution in [0, 0.1) is 17.8 Å².